The summed E-state index contributed by atoms with van der Waals surface area (Å²) in [7, 11) is 0. The van der Waals surface area contributed by atoms with Crippen molar-refractivity contribution in [1.29, 1.82) is 10.5 Å². The van der Waals surface area contributed by atoms with Gasteiger partial charge in [0.15, 0.2) is 0 Å². The summed E-state index contributed by atoms with van der Waals surface area (Å²) in [6, 6.07) is 39.8. The number of hydrogen-bond acceptors (Lipinski definition) is 4. The molecule has 8 rings (SSSR count). The maximum absolute atomic E-state index is 16.7. The highest BCUT2D eigenvalue weighted by Crippen LogP contribution is 2.40. The summed E-state index contributed by atoms with van der Waals surface area (Å²) in [5.41, 5.74) is 7.15. The van der Waals surface area contributed by atoms with Crippen LogP contribution in [-0.2, 0) is 0 Å². The number of rotatable bonds is 3. The van der Waals surface area contributed by atoms with Gasteiger partial charge in [0.05, 0.1) is 23.3 Å². The molecule has 2 heterocycles. The summed E-state index contributed by atoms with van der Waals surface area (Å²) in [6.07, 6.45) is 0. The van der Waals surface area contributed by atoms with Crippen molar-refractivity contribution in [2.45, 2.75) is 0 Å². The van der Waals surface area contributed by atoms with E-state index in [0.717, 1.165) is 55.0 Å². The first-order chi connectivity index (χ1) is 21.1. The molecule has 0 N–H and O–H groups in total. The Bertz CT molecular complexity index is 2470. The Morgan fingerprint density at radius 2 is 0.930 bits per heavy atom. The Morgan fingerprint density at radius 1 is 0.442 bits per heavy atom. The Morgan fingerprint density at radius 3 is 1.51 bits per heavy atom. The van der Waals surface area contributed by atoms with Crippen LogP contribution in [0.25, 0.3) is 77.3 Å². The van der Waals surface area contributed by atoms with Gasteiger partial charge in [0.2, 0.25) is 0 Å². The lowest BCUT2D eigenvalue weighted by Gasteiger charge is -2.14. The molecule has 0 saturated carbocycles. The third kappa shape index (κ3) is 3.95. The van der Waals surface area contributed by atoms with Crippen LogP contribution in [0.2, 0.25) is 0 Å². The van der Waals surface area contributed by atoms with Gasteiger partial charge >= 0.3 is 0 Å². The number of nitrogens with zero attached hydrogens (tertiary/aromatic N) is 2. The molecule has 0 unspecified atom stereocenters. The number of halogens is 1. The number of furan rings is 2. The second kappa shape index (κ2) is 9.45. The predicted octanol–water partition coefficient (Wildman–Crippen LogP) is 10.4. The fourth-order valence-electron chi connectivity index (χ4n) is 5.92. The molecule has 0 saturated heterocycles. The Kier molecular flexibility index (Phi) is 5.41. The Hall–Kier alpha value is -6.17. The highest BCUT2D eigenvalue weighted by atomic mass is 19.1. The second-order valence-electron chi connectivity index (χ2n) is 10.5. The molecule has 4 nitrogen and oxygen atoms in total. The van der Waals surface area contributed by atoms with Crippen LogP contribution in [0.15, 0.2) is 124 Å². The fourth-order valence-corrected chi connectivity index (χ4v) is 5.92. The van der Waals surface area contributed by atoms with Crippen molar-refractivity contribution < 1.29 is 13.2 Å². The van der Waals surface area contributed by atoms with Crippen LogP contribution in [-0.4, -0.2) is 0 Å². The van der Waals surface area contributed by atoms with Gasteiger partial charge in [-0.05, 0) is 89.0 Å². The summed E-state index contributed by atoms with van der Waals surface area (Å²) in [4.78, 5) is 0. The van der Waals surface area contributed by atoms with Gasteiger partial charge in [-0.2, -0.15) is 10.5 Å². The topological polar surface area (TPSA) is 73.9 Å². The van der Waals surface area contributed by atoms with Crippen molar-refractivity contribution in [3.8, 4) is 45.5 Å². The number of para-hydroxylation sites is 2. The molecule has 0 aliphatic rings. The van der Waals surface area contributed by atoms with Crippen molar-refractivity contribution in [3.05, 3.63) is 132 Å². The van der Waals surface area contributed by atoms with E-state index in [1.54, 1.807) is 18.2 Å². The monoisotopic (exact) mass is 554 g/mol. The predicted molar refractivity (Wildman–Crippen MR) is 167 cm³/mol. The van der Waals surface area contributed by atoms with Gasteiger partial charge in [0.1, 0.15) is 28.1 Å². The molecule has 43 heavy (non-hydrogen) atoms. The Labute approximate surface area is 245 Å². The molecule has 8 aromatic rings. The van der Waals surface area contributed by atoms with E-state index in [2.05, 4.69) is 18.2 Å². The van der Waals surface area contributed by atoms with Crippen LogP contribution in [0.4, 0.5) is 4.39 Å². The van der Waals surface area contributed by atoms with E-state index in [9.17, 15) is 10.5 Å². The lowest BCUT2D eigenvalue weighted by Crippen LogP contribution is -1.94. The summed E-state index contributed by atoms with van der Waals surface area (Å²) in [6.45, 7) is 0. The normalized spacial score (nSPS) is 11.3. The average Bonchev–Trinajstić information content (AvgIpc) is 3.62. The van der Waals surface area contributed by atoms with Gasteiger partial charge in [0, 0.05) is 32.7 Å². The summed E-state index contributed by atoms with van der Waals surface area (Å²) < 4.78 is 28.7. The van der Waals surface area contributed by atoms with Crippen LogP contribution in [0.1, 0.15) is 11.1 Å². The SMILES string of the molecule is N#Cc1cc(C#N)cc(-c2cc(-c3ccc4oc5ccccc5c4c3)cc(-c3ccc4oc5ccccc5c4c3)c2F)c1. The van der Waals surface area contributed by atoms with Crippen LogP contribution in [0.5, 0.6) is 0 Å². The quantitative estimate of drug-likeness (QED) is 0.218. The molecule has 0 fully saturated rings. The molecular weight excluding hydrogens is 535 g/mol. The summed E-state index contributed by atoms with van der Waals surface area (Å²) in [5, 5.41) is 23.1. The van der Waals surface area contributed by atoms with Crippen molar-refractivity contribution in [1.82, 2.24) is 0 Å². The van der Waals surface area contributed by atoms with Crippen molar-refractivity contribution in [3.63, 3.8) is 0 Å². The molecular formula is C38H19FN2O2. The van der Waals surface area contributed by atoms with Crippen molar-refractivity contribution in [2.24, 2.45) is 0 Å². The highest BCUT2D eigenvalue weighted by Gasteiger charge is 2.19. The molecule has 2 aromatic heterocycles. The summed E-state index contributed by atoms with van der Waals surface area (Å²) in [5.74, 6) is -0.440. The standard InChI is InChI=1S/C38H19FN2O2/c39-38-30(25-10-12-37-33(17-25)29-6-2-4-8-35(29)43-37)18-26(19-31(38)27-14-22(20-40)13-23(15-27)21-41)24-9-11-36-32(16-24)28-5-1-3-7-34(28)42-36/h1-19H. The first-order valence-corrected chi connectivity index (χ1v) is 13.7. The lowest BCUT2D eigenvalue weighted by atomic mass is 9.90. The van der Waals surface area contributed by atoms with Crippen LogP contribution in [0, 0.1) is 28.5 Å². The number of hydrogen-bond donors (Lipinski definition) is 0. The van der Waals surface area contributed by atoms with E-state index in [4.69, 9.17) is 8.83 Å². The molecule has 0 radical (unpaired) electrons. The van der Waals surface area contributed by atoms with Crippen LogP contribution < -0.4 is 0 Å². The van der Waals surface area contributed by atoms with E-state index >= 15 is 4.39 Å². The minimum Gasteiger partial charge on any atom is -0.456 e. The first kappa shape index (κ1) is 24.6. The van der Waals surface area contributed by atoms with E-state index in [1.807, 2.05) is 84.9 Å². The summed E-state index contributed by atoms with van der Waals surface area (Å²) >= 11 is 0. The molecule has 0 atom stereocenters. The first-order valence-electron chi connectivity index (χ1n) is 13.7. The molecule has 5 heteroatoms. The lowest BCUT2D eigenvalue weighted by molar-refractivity contribution is 0.635. The van der Waals surface area contributed by atoms with Gasteiger partial charge in [-0.3, -0.25) is 0 Å². The van der Waals surface area contributed by atoms with E-state index in [-0.39, 0.29) is 11.1 Å². The van der Waals surface area contributed by atoms with Gasteiger partial charge in [-0.1, -0.05) is 48.5 Å². The minimum absolute atomic E-state index is 0.290. The number of nitriles is 2. The van der Waals surface area contributed by atoms with Gasteiger partial charge in [-0.25, -0.2) is 4.39 Å². The largest absolute Gasteiger partial charge is 0.456 e. The van der Waals surface area contributed by atoms with Gasteiger partial charge < -0.3 is 8.83 Å². The minimum atomic E-state index is -0.440. The fraction of sp³-hybridized carbons (Fsp3) is 0. The van der Waals surface area contributed by atoms with Gasteiger partial charge in [0.25, 0.3) is 0 Å². The maximum atomic E-state index is 16.7. The van der Waals surface area contributed by atoms with Crippen molar-refractivity contribution in [2.75, 3.05) is 0 Å². The third-order valence-electron chi connectivity index (χ3n) is 7.97. The maximum Gasteiger partial charge on any atom is 0.138 e. The smallest absolute Gasteiger partial charge is 0.138 e. The molecule has 200 valence electrons. The molecule has 0 aliphatic heterocycles. The molecule has 0 spiro atoms. The molecule has 0 bridgehead atoms. The average molecular weight is 555 g/mol. The molecule has 0 amide bonds. The molecule has 0 aliphatic carbocycles. The van der Waals surface area contributed by atoms with Gasteiger partial charge in [-0.15, -0.1) is 0 Å². The van der Waals surface area contributed by atoms with Crippen LogP contribution >= 0.6 is 0 Å². The highest BCUT2D eigenvalue weighted by molar-refractivity contribution is 6.07. The zero-order valence-corrected chi connectivity index (χ0v) is 22.6. The second-order valence-corrected chi connectivity index (χ2v) is 10.5. The number of benzene rings is 6. The Balaban J connectivity index is 1.40. The van der Waals surface area contributed by atoms with Crippen molar-refractivity contribution >= 4 is 43.9 Å². The zero-order valence-electron chi connectivity index (χ0n) is 22.6. The van der Waals surface area contributed by atoms with E-state index in [1.165, 1.54) is 6.07 Å². The van der Waals surface area contributed by atoms with Crippen LogP contribution in [0.3, 0.4) is 0 Å². The third-order valence-corrected chi connectivity index (χ3v) is 7.97. The number of fused-ring (bicyclic) bond motifs is 6. The van der Waals surface area contributed by atoms with E-state index < -0.39 is 5.82 Å². The molecule has 6 aromatic carbocycles. The van der Waals surface area contributed by atoms with E-state index in [0.29, 0.717) is 22.3 Å². The zero-order chi connectivity index (χ0) is 29.1.